The molecule has 0 aliphatic carbocycles. The highest BCUT2D eigenvalue weighted by Crippen LogP contribution is 2.28. The Hall–Kier alpha value is -0.690. The van der Waals surface area contributed by atoms with Crippen LogP contribution >= 0.6 is 11.6 Å². The molecule has 0 amide bonds. The first-order valence-corrected chi connectivity index (χ1v) is 8.42. The largest absolute Gasteiger partial charge is 0.330 e. The van der Waals surface area contributed by atoms with E-state index >= 15 is 0 Å². The van der Waals surface area contributed by atoms with E-state index in [-0.39, 0.29) is 15.8 Å². The highest BCUT2D eigenvalue weighted by molar-refractivity contribution is 7.89. The first-order valence-electron chi connectivity index (χ1n) is 6.60. The highest BCUT2D eigenvalue weighted by atomic mass is 35.5. The molecule has 0 aromatic heterocycles. The molecule has 1 aromatic carbocycles. The Morgan fingerprint density at radius 1 is 1.45 bits per heavy atom. The van der Waals surface area contributed by atoms with Crippen LogP contribution in [0.15, 0.2) is 23.1 Å². The Kier molecular flexibility index (Phi) is 5.01. The summed E-state index contributed by atoms with van der Waals surface area (Å²) in [5.41, 5.74) is 5.52. The molecule has 1 saturated heterocycles. The molecule has 0 spiro atoms. The molecule has 1 aliphatic rings. The molecule has 1 aromatic rings. The Morgan fingerprint density at radius 2 is 2.20 bits per heavy atom. The standard InChI is InChI=1S/C13H18ClFN2O2S/c14-11-3-4-12(15)13(8-11)20(18,19)17-7-1-2-10(9-17)5-6-16/h3-4,8,10H,1-2,5-7,9,16H2. The predicted octanol–water partition coefficient (Wildman–Crippen LogP) is 2.23. The van der Waals surface area contributed by atoms with Crippen LogP contribution in [0.4, 0.5) is 4.39 Å². The summed E-state index contributed by atoms with van der Waals surface area (Å²) >= 11 is 5.77. The number of halogens is 2. The maximum Gasteiger partial charge on any atom is 0.246 e. The summed E-state index contributed by atoms with van der Waals surface area (Å²) in [6.07, 6.45) is 2.51. The van der Waals surface area contributed by atoms with Gasteiger partial charge in [-0.1, -0.05) is 11.6 Å². The summed E-state index contributed by atoms with van der Waals surface area (Å²) in [6.45, 7) is 1.34. The Labute approximate surface area is 123 Å². The maximum absolute atomic E-state index is 13.8. The third-order valence-electron chi connectivity index (χ3n) is 3.57. The van der Waals surface area contributed by atoms with Gasteiger partial charge >= 0.3 is 0 Å². The van der Waals surface area contributed by atoms with Gasteiger partial charge in [-0.25, -0.2) is 12.8 Å². The van der Waals surface area contributed by atoms with Crippen molar-refractivity contribution in [3.8, 4) is 0 Å². The van der Waals surface area contributed by atoms with E-state index in [0.717, 1.165) is 25.3 Å². The van der Waals surface area contributed by atoms with Gasteiger partial charge in [-0.3, -0.25) is 0 Å². The quantitative estimate of drug-likeness (QED) is 0.925. The van der Waals surface area contributed by atoms with E-state index in [0.29, 0.717) is 19.6 Å². The molecule has 4 nitrogen and oxygen atoms in total. The fourth-order valence-electron chi connectivity index (χ4n) is 2.53. The number of nitrogens with two attached hydrogens (primary N) is 1. The minimum absolute atomic E-state index is 0.209. The molecule has 1 aliphatic heterocycles. The van der Waals surface area contributed by atoms with E-state index < -0.39 is 15.8 Å². The lowest BCUT2D eigenvalue weighted by atomic mass is 9.96. The third kappa shape index (κ3) is 3.31. The molecule has 1 atom stereocenters. The summed E-state index contributed by atoms with van der Waals surface area (Å²) < 4.78 is 40.1. The lowest BCUT2D eigenvalue weighted by Crippen LogP contribution is -2.40. The van der Waals surface area contributed by atoms with Crippen molar-refractivity contribution in [3.63, 3.8) is 0 Å². The second-order valence-corrected chi connectivity index (χ2v) is 7.37. The van der Waals surface area contributed by atoms with Crippen LogP contribution in [0.3, 0.4) is 0 Å². The smallest absolute Gasteiger partial charge is 0.246 e. The van der Waals surface area contributed by atoms with Gasteiger partial charge in [0.1, 0.15) is 10.7 Å². The maximum atomic E-state index is 13.8. The zero-order valence-electron chi connectivity index (χ0n) is 11.1. The lowest BCUT2D eigenvalue weighted by Gasteiger charge is -2.31. The zero-order chi connectivity index (χ0) is 14.8. The average Bonchev–Trinajstić information content (AvgIpc) is 2.42. The molecule has 112 valence electrons. The van der Waals surface area contributed by atoms with Crippen molar-refractivity contribution >= 4 is 21.6 Å². The Morgan fingerprint density at radius 3 is 2.90 bits per heavy atom. The highest BCUT2D eigenvalue weighted by Gasteiger charge is 2.31. The summed E-state index contributed by atoms with van der Waals surface area (Å²) in [5, 5.41) is 0.209. The van der Waals surface area contributed by atoms with Crippen LogP contribution in [-0.4, -0.2) is 32.4 Å². The zero-order valence-corrected chi connectivity index (χ0v) is 12.6. The van der Waals surface area contributed by atoms with Crippen LogP contribution in [-0.2, 0) is 10.0 Å². The molecule has 1 fully saturated rings. The Balaban J connectivity index is 2.27. The second-order valence-electron chi connectivity index (χ2n) is 5.02. The number of hydrogen-bond acceptors (Lipinski definition) is 3. The normalized spacial score (nSPS) is 21.1. The fraction of sp³-hybridized carbons (Fsp3) is 0.538. The van der Waals surface area contributed by atoms with Gasteiger partial charge in [0, 0.05) is 18.1 Å². The topological polar surface area (TPSA) is 63.4 Å². The van der Waals surface area contributed by atoms with Crippen molar-refractivity contribution in [1.29, 1.82) is 0 Å². The Bertz CT molecular complexity index is 578. The predicted molar refractivity (Wildman–Crippen MR) is 76.6 cm³/mol. The van der Waals surface area contributed by atoms with E-state index in [1.807, 2.05) is 0 Å². The monoisotopic (exact) mass is 320 g/mol. The number of hydrogen-bond donors (Lipinski definition) is 1. The van der Waals surface area contributed by atoms with Crippen molar-refractivity contribution in [2.24, 2.45) is 11.7 Å². The molecule has 0 saturated carbocycles. The molecule has 20 heavy (non-hydrogen) atoms. The van der Waals surface area contributed by atoms with Gasteiger partial charge in [0.25, 0.3) is 0 Å². The summed E-state index contributed by atoms with van der Waals surface area (Å²) in [5.74, 6) is -0.527. The molecular formula is C13H18ClFN2O2S. The van der Waals surface area contributed by atoms with Gasteiger partial charge in [0.15, 0.2) is 0 Å². The fourth-order valence-corrected chi connectivity index (χ4v) is 4.41. The SMILES string of the molecule is NCCC1CCCN(S(=O)(=O)c2cc(Cl)ccc2F)C1. The van der Waals surface area contributed by atoms with Gasteiger partial charge < -0.3 is 5.73 Å². The van der Waals surface area contributed by atoms with Crippen molar-refractivity contribution in [2.75, 3.05) is 19.6 Å². The van der Waals surface area contributed by atoms with Gasteiger partial charge in [0.05, 0.1) is 0 Å². The number of piperidine rings is 1. The van der Waals surface area contributed by atoms with E-state index in [4.69, 9.17) is 17.3 Å². The molecule has 0 bridgehead atoms. The van der Waals surface area contributed by atoms with E-state index in [1.165, 1.54) is 16.4 Å². The van der Waals surface area contributed by atoms with Gasteiger partial charge in [-0.2, -0.15) is 4.31 Å². The van der Waals surface area contributed by atoms with E-state index in [1.54, 1.807) is 0 Å². The molecule has 2 N–H and O–H groups in total. The third-order valence-corrected chi connectivity index (χ3v) is 5.68. The van der Waals surface area contributed by atoms with Crippen LogP contribution in [0, 0.1) is 11.7 Å². The molecular weight excluding hydrogens is 303 g/mol. The summed E-state index contributed by atoms with van der Waals surface area (Å²) in [6, 6.07) is 3.58. The molecule has 0 radical (unpaired) electrons. The first kappa shape index (κ1) is 15.7. The molecule has 1 unspecified atom stereocenters. The lowest BCUT2D eigenvalue weighted by molar-refractivity contribution is 0.257. The van der Waals surface area contributed by atoms with Crippen molar-refractivity contribution in [3.05, 3.63) is 29.0 Å². The van der Waals surface area contributed by atoms with Crippen LogP contribution < -0.4 is 5.73 Å². The van der Waals surface area contributed by atoms with Crippen LogP contribution in [0.1, 0.15) is 19.3 Å². The van der Waals surface area contributed by atoms with Crippen molar-refractivity contribution in [1.82, 2.24) is 4.31 Å². The number of nitrogens with zero attached hydrogens (tertiary/aromatic N) is 1. The average molecular weight is 321 g/mol. The molecule has 1 heterocycles. The minimum Gasteiger partial charge on any atom is -0.330 e. The van der Waals surface area contributed by atoms with Crippen molar-refractivity contribution in [2.45, 2.75) is 24.2 Å². The van der Waals surface area contributed by atoms with E-state index in [9.17, 15) is 12.8 Å². The summed E-state index contributed by atoms with van der Waals surface area (Å²) in [4.78, 5) is -0.349. The van der Waals surface area contributed by atoms with E-state index in [2.05, 4.69) is 0 Å². The van der Waals surface area contributed by atoms with Crippen LogP contribution in [0.2, 0.25) is 5.02 Å². The summed E-state index contributed by atoms with van der Waals surface area (Å²) in [7, 11) is -3.83. The molecule has 7 heteroatoms. The number of rotatable bonds is 4. The number of sulfonamides is 1. The van der Waals surface area contributed by atoms with Crippen molar-refractivity contribution < 1.29 is 12.8 Å². The first-order chi connectivity index (χ1) is 9.45. The number of benzene rings is 1. The van der Waals surface area contributed by atoms with Gasteiger partial charge in [-0.15, -0.1) is 0 Å². The minimum atomic E-state index is -3.83. The molecule has 2 rings (SSSR count). The van der Waals surface area contributed by atoms with Crippen LogP contribution in [0.5, 0.6) is 0 Å². The van der Waals surface area contributed by atoms with Gasteiger partial charge in [0.2, 0.25) is 10.0 Å². The van der Waals surface area contributed by atoms with Gasteiger partial charge in [-0.05, 0) is 49.9 Å². The van der Waals surface area contributed by atoms with Crippen LogP contribution in [0.25, 0.3) is 0 Å². The second kappa shape index (κ2) is 6.39.